The molecule has 2 N–H and O–H groups in total. The van der Waals surface area contributed by atoms with Crippen molar-refractivity contribution in [3.05, 3.63) is 22.7 Å². The maximum absolute atomic E-state index is 11.8. The molecule has 102 valence electrons. The molecule has 19 heavy (non-hydrogen) atoms. The number of carbonyl (C=O) groups excluding carboxylic acids is 1. The maximum Gasteiger partial charge on any atom is 0.340 e. The predicted molar refractivity (Wildman–Crippen MR) is 75.3 cm³/mol. The second kappa shape index (κ2) is 6.86. The fraction of sp³-hybridized carbons (Fsp3) is 0.385. The van der Waals surface area contributed by atoms with Crippen molar-refractivity contribution < 1.29 is 9.53 Å². The van der Waals surface area contributed by atoms with E-state index in [0.29, 0.717) is 41.5 Å². The number of methoxy groups -OCH3 is 1. The summed E-state index contributed by atoms with van der Waals surface area (Å²) in [7, 11) is 1.30. The van der Waals surface area contributed by atoms with Crippen molar-refractivity contribution in [1.82, 2.24) is 0 Å². The third-order valence-electron chi connectivity index (χ3n) is 2.68. The van der Waals surface area contributed by atoms with Gasteiger partial charge in [-0.1, -0.05) is 11.6 Å². The summed E-state index contributed by atoms with van der Waals surface area (Å²) in [6.45, 7) is 3.03. The number of carbonyl (C=O) groups is 1. The van der Waals surface area contributed by atoms with E-state index in [2.05, 4.69) is 6.07 Å². The number of hydrogen-bond acceptors (Lipinski definition) is 5. The smallest absolute Gasteiger partial charge is 0.340 e. The summed E-state index contributed by atoms with van der Waals surface area (Å²) in [5.74, 6) is -0.500. The summed E-state index contributed by atoms with van der Waals surface area (Å²) in [6.07, 6.45) is 0.342. The highest BCUT2D eigenvalue weighted by Crippen LogP contribution is 2.33. The molecule has 0 atom stereocenters. The number of esters is 1. The van der Waals surface area contributed by atoms with E-state index < -0.39 is 5.97 Å². The molecule has 1 aromatic rings. The quantitative estimate of drug-likeness (QED) is 0.662. The molecule has 0 aliphatic heterocycles. The normalized spacial score (nSPS) is 9.79. The molecule has 0 radical (unpaired) electrons. The van der Waals surface area contributed by atoms with Gasteiger partial charge in [0, 0.05) is 18.8 Å². The van der Waals surface area contributed by atoms with E-state index in [0.717, 1.165) is 0 Å². The van der Waals surface area contributed by atoms with Crippen LogP contribution in [0.4, 0.5) is 11.4 Å². The first-order valence-electron chi connectivity index (χ1n) is 5.84. The third-order valence-corrected chi connectivity index (χ3v) is 2.97. The Morgan fingerprint density at radius 2 is 2.26 bits per heavy atom. The molecule has 0 spiro atoms. The largest absolute Gasteiger partial charge is 0.465 e. The van der Waals surface area contributed by atoms with E-state index in [4.69, 9.17) is 27.3 Å². The van der Waals surface area contributed by atoms with Crippen LogP contribution in [0.2, 0.25) is 5.02 Å². The van der Waals surface area contributed by atoms with Gasteiger partial charge >= 0.3 is 5.97 Å². The van der Waals surface area contributed by atoms with E-state index >= 15 is 0 Å². The summed E-state index contributed by atoms with van der Waals surface area (Å²) in [5, 5.41) is 9.05. The number of nitrogens with zero attached hydrogens (tertiary/aromatic N) is 2. The molecule has 0 fully saturated rings. The highest BCUT2D eigenvalue weighted by molar-refractivity contribution is 6.34. The van der Waals surface area contributed by atoms with Crippen LogP contribution < -0.4 is 10.6 Å². The topological polar surface area (TPSA) is 79.4 Å². The van der Waals surface area contributed by atoms with Crippen molar-refractivity contribution in [2.45, 2.75) is 13.3 Å². The van der Waals surface area contributed by atoms with Crippen LogP contribution in [0.25, 0.3) is 0 Å². The minimum atomic E-state index is -0.500. The van der Waals surface area contributed by atoms with Gasteiger partial charge in [0.1, 0.15) is 0 Å². The average molecular weight is 282 g/mol. The zero-order valence-electron chi connectivity index (χ0n) is 10.9. The summed E-state index contributed by atoms with van der Waals surface area (Å²) in [4.78, 5) is 13.7. The molecule has 0 saturated carbocycles. The van der Waals surface area contributed by atoms with Crippen LogP contribution in [0.5, 0.6) is 0 Å². The van der Waals surface area contributed by atoms with Crippen LogP contribution in [-0.2, 0) is 4.74 Å². The fourth-order valence-corrected chi connectivity index (χ4v) is 2.17. The first kappa shape index (κ1) is 15.1. The Labute approximate surface area is 117 Å². The standard InChI is InChI=1S/C13H16ClN3O2/c1-3-17(6-4-5-15)12-10(13(18)19-2)7-9(16)8-11(12)14/h7-8H,3-4,6,16H2,1-2H3. The average Bonchev–Trinajstić information content (AvgIpc) is 2.39. The van der Waals surface area contributed by atoms with Crippen LogP contribution >= 0.6 is 11.6 Å². The highest BCUT2D eigenvalue weighted by atomic mass is 35.5. The summed E-state index contributed by atoms with van der Waals surface area (Å²) < 4.78 is 4.74. The molecule has 0 aliphatic carbocycles. The van der Waals surface area contributed by atoms with Crippen LogP contribution in [0, 0.1) is 11.3 Å². The second-order valence-electron chi connectivity index (χ2n) is 3.88. The van der Waals surface area contributed by atoms with Crippen molar-refractivity contribution in [3.63, 3.8) is 0 Å². The first-order chi connectivity index (χ1) is 9.04. The lowest BCUT2D eigenvalue weighted by molar-refractivity contribution is 0.0601. The molecule has 0 aromatic heterocycles. The van der Waals surface area contributed by atoms with E-state index in [9.17, 15) is 4.79 Å². The van der Waals surface area contributed by atoms with E-state index in [1.165, 1.54) is 13.2 Å². The number of nitrogen functional groups attached to an aromatic ring is 1. The van der Waals surface area contributed by atoms with Gasteiger partial charge in [-0.3, -0.25) is 0 Å². The van der Waals surface area contributed by atoms with Crippen LogP contribution in [0.1, 0.15) is 23.7 Å². The monoisotopic (exact) mass is 281 g/mol. The first-order valence-corrected chi connectivity index (χ1v) is 6.22. The van der Waals surface area contributed by atoms with Crippen molar-refractivity contribution >= 4 is 28.9 Å². The van der Waals surface area contributed by atoms with Crippen molar-refractivity contribution in [2.75, 3.05) is 30.8 Å². The number of nitriles is 1. The maximum atomic E-state index is 11.8. The Morgan fingerprint density at radius 1 is 1.58 bits per heavy atom. The minimum Gasteiger partial charge on any atom is -0.465 e. The molecule has 1 rings (SSSR count). The van der Waals surface area contributed by atoms with E-state index in [1.807, 2.05) is 11.8 Å². The number of nitrogens with two attached hydrogens (primary N) is 1. The summed E-state index contributed by atoms with van der Waals surface area (Å²) >= 11 is 6.18. The fourth-order valence-electron chi connectivity index (χ4n) is 1.82. The summed E-state index contributed by atoms with van der Waals surface area (Å²) in [6, 6.07) is 5.18. The molecule has 5 nitrogen and oxygen atoms in total. The lowest BCUT2D eigenvalue weighted by Crippen LogP contribution is -2.26. The number of anilines is 2. The molecule has 0 unspecified atom stereocenters. The molecular weight excluding hydrogens is 266 g/mol. The molecule has 0 heterocycles. The van der Waals surface area contributed by atoms with Crippen LogP contribution in [0.15, 0.2) is 12.1 Å². The minimum absolute atomic E-state index is 0.312. The zero-order chi connectivity index (χ0) is 14.4. The van der Waals surface area contributed by atoms with Gasteiger partial charge in [0.05, 0.1) is 35.9 Å². The summed E-state index contributed by atoms with van der Waals surface area (Å²) in [5.41, 5.74) is 6.96. The number of rotatable bonds is 5. The van der Waals surface area contributed by atoms with Gasteiger partial charge in [-0.15, -0.1) is 0 Å². The lowest BCUT2D eigenvalue weighted by atomic mass is 10.1. The van der Waals surface area contributed by atoms with Gasteiger partial charge in [0.25, 0.3) is 0 Å². The van der Waals surface area contributed by atoms with Crippen LogP contribution in [0.3, 0.4) is 0 Å². The van der Waals surface area contributed by atoms with E-state index in [-0.39, 0.29) is 0 Å². The number of benzene rings is 1. The Hall–Kier alpha value is -1.93. The van der Waals surface area contributed by atoms with E-state index in [1.54, 1.807) is 6.07 Å². The van der Waals surface area contributed by atoms with Gasteiger partial charge in [0.2, 0.25) is 0 Å². The highest BCUT2D eigenvalue weighted by Gasteiger charge is 2.20. The number of halogens is 1. The molecule has 0 aliphatic rings. The van der Waals surface area contributed by atoms with Crippen molar-refractivity contribution in [3.8, 4) is 6.07 Å². The van der Waals surface area contributed by atoms with Crippen LogP contribution in [-0.4, -0.2) is 26.2 Å². The Balaban J connectivity index is 3.30. The molecule has 6 heteroatoms. The number of ether oxygens (including phenoxy) is 1. The lowest BCUT2D eigenvalue weighted by Gasteiger charge is -2.25. The molecule has 0 amide bonds. The van der Waals surface area contributed by atoms with Crippen molar-refractivity contribution in [2.24, 2.45) is 0 Å². The Morgan fingerprint density at radius 3 is 2.79 bits per heavy atom. The molecular formula is C13H16ClN3O2. The van der Waals surface area contributed by atoms with Gasteiger partial charge in [-0.2, -0.15) is 5.26 Å². The Kier molecular flexibility index (Phi) is 5.46. The van der Waals surface area contributed by atoms with Gasteiger partial charge < -0.3 is 15.4 Å². The number of hydrogen-bond donors (Lipinski definition) is 1. The molecule has 1 aromatic carbocycles. The SMILES string of the molecule is CCN(CCC#N)c1c(Cl)cc(N)cc1C(=O)OC. The third kappa shape index (κ3) is 3.52. The molecule has 0 bridgehead atoms. The van der Waals surface area contributed by atoms with Gasteiger partial charge in [0.15, 0.2) is 0 Å². The van der Waals surface area contributed by atoms with Gasteiger partial charge in [-0.05, 0) is 19.1 Å². The van der Waals surface area contributed by atoms with Crippen molar-refractivity contribution in [1.29, 1.82) is 5.26 Å². The molecule has 0 saturated heterocycles. The predicted octanol–water partition coefficient (Wildman–Crippen LogP) is 2.45. The second-order valence-corrected chi connectivity index (χ2v) is 4.29. The van der Waals surface area contributed by atoms with Gasteiger partial charge in [-0.25, -0.2) is 4.79 Å². The Bertz CT molecular complexity index is 511. The zero-order valence-corrected chi connectivity index (χ0v) is 11.7.